The Morgan fingerprint density at radius 1 is 1.05 bits per heavy atom. The highest BCUT2D eigenvalue weighted by Crippen LogP contribution is 2.49. The van der Waals surface area contributed by atoms with Crippen LogP contribution in [0.5, 0.6) is 0 Å². The Labute approximate surface area is 229 Å². The van der Waals surface area contributed by atoms with E-state index in [-0.39, 0.29) is 5.97 Å². The quantitative estimate of drug-likeness (QED) is 0.229. The van der Waals surface area contributed by atoms with Crippen molar-refractivity contribution in [3.05, 3.63) is 107 Å². The lowest BCUT2D eigenvalue weighted by molar-refractivity contribution is -0.146. The molecule has 4 aromatic rings. The molecule has 1 aromatic heterocycles. The lowest BCUT2D eigenvalue weighted by Gasteiger charge is -2.14. The van der Waals surface area contributed by atoms with Gasteiger partial charge in [-0.3, -0.25) is 4.79 Å². The molecule has 5 nitrogen and oxygen atoms in total. The number of aliphatic hydroxyl groups is 1. The number of alkyl halides is 3. The maximum atomic E-state index is 13.0. The number of hydrogen-bond acceptors (Lipinski definition) is 5. The second-order valence-electron chi connectivity index (χ2n) is 9.90. The lowest BCUT2D eigenvalue weighted by atomic mass is 9.93. The number of benzene rings is 3. The number of aromatic nitrogens is 1. The summed E-state index contributed by atoms with van der Waals surface area (Å²) in [5.41, 5.74) is 3.55. The SMILES string of the molecule is CCOC(=O)C1(c2ccc(-c3ccc(-c4onc(C)c4C(O)/C=C/c4cccc(C(F)(F)F)c4)cc3)cc2)CC1. The standard InChI is InChI=1S/C32H28F3NO4/c1-3-39-30(38)31(17-18-31)25-14-12-23(13-15-25)22-8-10-24(11-9-22)29-28(20(2)36-40-29)27(37)16-7-21-5-4-6-26(19-21)32(33,34)35/h4-16,19,27,37H,3,17-18H2,1-2H3/b16-7+. The van der Waals surface area contributed by atoms with Crippen LogP contribution in [0.3, 0.4) is 0 Å². The van der Waals surface area contributed by atoms with Gasteiger partial charge in [-0.1, -0.05) is 78.0 Å². The average Bonchev–Trinajstić information content (AvgIpc) is 3.68. The molecule has 1 atom stereocenters. The summed E-state index contributed by atoms with van der Waals surface area (Å²) >= 11 is 0. The number of rotatable bonds is 8. The van der Waals surface area contributed by atoms with Crippen LogP contribution in [0.1, 0.15) is 53.8 Å². The number of halogens is 3. The molecule has 206 valence electrons. The Hall–Kier alpha value is -4.17. The zero-order chi connectivity index (χ0) is 28.5. The predicted molar refractivity (Wildman–Crippen MR) is 145 cm³/mol. The number of aliphatic hydroxyl groups excluding tert-OH is 1. The summed E-state index contributed by atoms with van der Waals surface area (Å²) in [7, 11) is 0. The molecular weight excluding hydrogens is 519 g/mol. The third-order valence-corrected chi connectivity index (χ3v) is 7.22. The molecule has 0 spiro atoms. The Balaban J connectivity index is 1.34. The molecule has 1 heterocycles. The van der Waals surface area contributed by atoms with E-state index in [1.54, 1.807) is 6.92 Å². The second-order valence-corrected chi connectivity index (χ2v) is 9.90. The van der Waals surface area contributed by atoms with Gasteiger partial charge in [-0.2, -0.15) is 13.2 Å². The smallest absolute Gasteiger partial charge is 0.416 e. The van der Waals surface area contributed by atoms with Gasteiger partial charge in [0.25, 0.3) is 0 Å². The van der Waals surface area contributed by atoms with Gasteiger partial charge in [-0.15, -0.1) is 0 Å². The third-order valence-electron chi connectivity index (χ3n) is 7.22. The van der Waals surface area contributed by atoms with Crippen molar-refractivity contribution in [1.82, 2.24) is 5.16 Å². The number of ether oxygens (including phenoxy) is 1. The first-order valence-corrected chi connectivity index (χ1v) is 13.0. The first-order valence-electron chi connectivity index (χ1n) is 13.0. The molecule has 0 aliphatic heterocycles. The van der Waals surface area contributed by atoms with Gasteiger partial charge in [-0.05, 0) is 61.1 Å². The van der Waals surface area contributed by atoms with E-state index < -0.39 is 23.3 Å². The summed E-state index contributed by atoms with van der Waals surface area (Å²) < 4.78 is 49.9. The highest BCUT2D eigenvalue weighted by atomic mass is 19.4. The van der Waals surface area contributed by atoms with Crippen molar-refractivity contribution >= 4 is 12.0 Å². The molecule has 1 aliphatic carbocycles. The summed E-state index contributed by atoms with van der Waals surface area (Å²) in [6.45, 7) is 3.87. The molecule has 1 N–H and O–H groups in total. The molecule has 40 heavy (non-hydrogen) atoms. The summed E-state index contributed by atoms with van der Waals surface area (Å²) in [4.78, 5) is 12.4. The summed E-state index contributed by atoms with van der Waals surface area (Å²) in [5, 5.41) is 14.9. The number of carbonyl (C=O) groups is 1. The van der Waals surface area contributed by atoms with Crippen LogP contribution in [0.15, 0.2) is 83.4 Å². The molecule has 0 bridgehead atoms. The van der Waals surface area contributed by atoms with E-state index in [0.717, 1.165) is 41.7 Å². The molecule has 1 saturated carbocycles. The van der Waals surface area contributed by atoms with Crippen molar-refractivity contribution in [2.24, 2.45) is 0 Å². The monoisotopic (exact) mass is 547 g/mol. The number of hydrogen-bond donors (Lipinski definition) is 1. The van der Waals surface area contributed by atoms with Gasteiger partial charge in [0.05, 0.1) is 28.8 Å². The summed E-state index contributed by atoms with van der Waals surface area (Å²) in [6.07, 6.45) is -1.15. The highest BCUT2D eigenvalue weighted by Gasteiger charge is 2.52. The molecular formula is C32H28F3NO4. The maximum Gasteiger partial charge on any atom is 0.416 e. The zero-order valence-electron chi connectivity index (χ0n) is 22.0. The molecule has 1 fully saturated rings. The molecule has 5 rings (SSSR count). The van der Waals surface area contributed by atoms with Crippen LogP contribution in [0.2, 0.25) is 0 Å². The van der Waals surface area contributed by atoms with Crippen LogP contribution in [0.25, 0.3) is 28.5 Å². The van der Waals surface area contributed by atoms with Crippen LogP contribution in [-0.4, -0.2) is 22.8 Å². The molecule has 0 amide bonds. The predicted octanol–water partition coefficient (Wildman–Crippen LogP) is 7.68. The number of nitrogens with zero attached hydrogens (tertiary/aromatic N) is 1. The molecule has 0 saturated heterocycles. The van der Waals surface area contributed by atoms with E-state index in [1.165, 1.54) is 24.3 Å². The van der Waals surface area contributed by atoms with Crippen LogP contribution in [-0.2, 0) is 21.1 Å². The first kappa shape index (κ1) is 27.4. The largest absolute Gasteiger partial charge is 0.465 e. The van der Waals surface area contributed by atoms with Crippen molar-refractivity contribution in [3.8, 4) is 22.5 Å². The fourth-order valence-corrected chi connectivity index (χ4v) is 4.85. The normalized spacial score (nSPS) is 15.2. The minimum absolute atomic E-state index is 0.169. The molecule has 1 unspecified atom stereocenters. The van der Waals surface area contributed by atoms with Gasteiger partial charge in [0.15, 0.2) is 5.76 Å². The van der Waals surface area contributed by atoms with Crippen molar-refractivity contribution in [2.75, 3.05) is 6.61 Å². The highest BCUT2D eigenvalue weighted by molar-refractivity contribution is 5.87. The number of esters is 1. The number of carbonyl (C=O) groups excluding carboxylic acids is 1. The topological polar surface area (TPSA) is 72.6 Å². The Morgan fingerprint density at radius 3 is 2.27 bits per heavy atom. The van der Waals surface area contributed by atoms with Crippen LogP contribution < -0.4 is 0 Å². The van der Waals surface area contributed by atoms with Gasteiger partial charge < -0.3 is 14.4 Å². The summed E-state index contributed by atoms with van der Waals surface area (Å²) in [5.74, 6) is 0.211. The number of aryl methyl sites for hydroxylation is 1. The first-order chi connectivity index (χ1) is 19.1. The van der Waals surface area contributed by atoms with Crippen molar-refractivity contribution in [3.63, 3.8) is 0 Å². The van der Waals surface area contributed by atoms with E-state index >= 15 is 0 Å². The van der Waals surface area contributed by atoms with E-state index in [0.29, 0.717) is 34.8 Å². The van der Waals surface area contributed by atoms with Crippen LogP contribution >= 0.6 is 0 Å². The van der Waals surface area contributed by atoms with Gasteiger partial charge in [0.1, 0.15) is 6.10 Å². The van der Waals surface area contributed by atoms with Gasteiger partial charge >= 0.3 is 12.1 Å². The third kappa shape index (κ3) is 5.45. The molecule has 3 aromatic carbocycles. The van der Waals surface area contributed by atoms with Gasteiger partial charge in [-0.25, -0.2) is 0 Å². The van der Waals surface area contributed by atoms with Crippen molar-refractivity contribution < 1.29 is 32.3 Å². The van der Waals surface area contributed by atoms with Gasteiger partial charge in [0, 0.05) is 5.56 Å². The Bertz CT molecular complexity index is 1530. The molecule has 1 aliphatic rings. The van der Waals surface area contributed by atoms with Crippen LogP contribution in [0.4, 0.5) is 13.2 Å². The minimum atomic E-state index is -4.45. The second kappa shape index (κ2) is 10.8. The average molecular weight is 548 g/mol. The van der Waals surface area contributed by atoms with E-state index in [1.807, 2.05) is 55.5 Å². The van der Waals surface area contributed by atoms with E-state index in [4.69, 9.17) is 9.26 Å². The summed E-state index contributed by atoms with van der Waals surface area (Å²) in [6, 6.07) is 20.4. The van der Waals surface area contributed by atoms with E-state index in [2.05, 4.69) is 5.16 Å². The van der Waals surface area contributed by atoms with Crippen molar-refractivity contribution in [2.45, 2.75) is 44.4 Å². The lowest BCUT2D eigenvalue weighted by Crippen LogP contribution is -2.23. The maximum absolute atomic E-state index is 13.0. The zero-order valence-corrected chi connectivity index (χ0v) is 22.0. The fraction of sp³-hybridized carbons (Fsp3) is 0.250. The molecule has 0 radical (unpaired) electrons. The Morgan fingerprint density at radius 2 is 1.68 bits per heavy atom. The van der Waals surface area contributed by atoms with Crippen LogP contribution in [0, 0.1) is 6.92 Å². The Kier molecular flexibility index (Phi) is 7.38. The van der Waals surface area contributed by atoms with Gasteiger partial charge in [0.2, 0.25) is 0 Å². The van der Waals surface area contributed by atoms with Crippen molar-refractivity contribution in [1.29, 1.82) is 0 Å². The minimum Gasteiger partial charge on any atom is -0.465 e. The van der Waals surface area contributed by atoms with E-state index in [9.17, 15) is 23.1 Å². The molecule has 8 heteroatoms. The fourth-order valence-electron chi connectivity index (χ4n) is 4.85.